The number of hydrogen-bond acceptors (Lipinski definition) is 4. The van der Waals surface area contributed by atoms with E-state index in [4.69, 9.17) is 11.6 Å². The maximum atomic E-state index is 12.1. The third kappa shape index (κ3) is 5.59. The van der Waals surface area contributed by atoms with Gasteiger partial charge in [-0.15, -0.1) is 0 Å². The number of nitrogens with zero attached hydrogens (tertiary/aromatic N) is 3. The lowest BCUT2D eigenvalue weighted by atomic mass is 10.1. The molecule has 6 nitrogen and oxygen atoms in total. The number of anilines is 2. The summed E-state index contributed by atoms with van der Waals surface area (Å²) in [6.07, 6.45) is 10.4. The molecule has 7 heteroatoms. The van der Waals surface area contributed by atoms with Crippen LogP contribution in [-0.2, 0) is 9.59 Å². The van der Waals surface area contributed by atoms with E-state index in [2.05, 4.69) is 15.3 Å². The van der Waals surface area contributed by atoms with E-state index >= 15 is 0 Å². The van der Waals surface area contributed by atoms with Crippen LogP contribution in [0.2, 0.25) is 5.02 Å². The first-order valence-electron chi connectivity index (χ1n) is 10.4. The number of carbonyl (C=O) groups excluding carboxylic acids is 2. The van der Waals surface area contributed by atoms with Gasteiger partial charge in [0.1, 0.15) is 0 Å². The predicted octanol–water partition coefficient (Wildman–Crippen LogP) is 5.21. The highest BCUT2D eigenvalue weighted by Gasteiger charge is 2.27. The first-order chi connectivity index (χ1) is 15.5. The van der Waals surface area contributed by atoms with Gasteiger partial charge in [0.25, 0.3) is 0 Å². The van der Waals surface area contributed by atoms with E-state index in [-0.39, 0.29) is 11.8 Å². The normalized spacial score (nSPS) is 13.2. The summed E-state index contributed by atoms with van der Waals surface area (Å²) in [5.74, 6) is 0.302. The number of carbonyl (C=O) groups is 2. The van der Waals surface area contributed by atoms with Crippen molar-refractivity contribution in [3.63, 3.8) is 0 Å². The molecule has 0 saturated heterocycles. The molecule has 0 unspecified atom stereocenters. The van der Waals surface area contributed by atoms with Gasteiger partial charge >= 0.3 is 0 Å². The van der Waals surface area contributed by atoms with Crippen LogP contribution in [0.1, 0.15) is 25.3 Å². The highest BCUT2D eigenvalue weighted by Crippen LogP contribution is 2.35. The summed E-state index contributed by atoms with van der Waals surface area (Å²) in [4.78, 5) is 34.4. The minimum absolute atomic E-state index is 0.0117. The average molecular weight is 447 g/mol. The number of benzene rings is 1. The number of pyridine rings is 2. The van der Waals surface area contributed by atoms with E-state index < -0.39 is 0 Å². The van der Waals surface area contributed by atoms with E-state index in [0.717, 1.165) is 35.3 Å². The van der Waals surface area contributed by atoms with Gasteiger partial charge in [0.2, 0.25) is 11.8 Å². The summed E-state index contributed by atoms with van der Waals surface area (Å²) in [7, 11) is 0. The summed E-state index contributed by atoms with van der Waals surface area (Å²) < 4.78 is 0. The molecule has 162 valence electrons. The van der Waals surface area contributed by atoms with Crippen LogP contribution in [0, 0.1) is 5.92 Å². The van der Waals surface area contributed by atoms with Crippen LogP contribution in [-0.4, -0.2) is 28.3 Å². The third-order valence-electron chi connectivity index (χ3n) is 5.19. The molecule has 2 aromatic heterocycles. The van der Waals surface area contributed by atoms with Gasteiger partial charge in [-0.1, -0.05) is 23.7 Å². The maximum absolute atomic E-state index is 12.1. The number of hydrogen-bond donors (Lipinski definition) is 1. The van der Waals surface area contributed by atoms with E-state index in [1.807, 2.05) is 36.4 Å². The quantitative estimate of drug-likeness (QED) is 0.505. The molecule has 1 aliphatic carbocycles. The molecule has 0 atom stereocenters. The minimum atomic E-state index is -0.254. The Kier molecular flexibility index (Phi) is 6.61. The van der Waals surface area contributed by atoms with Gasteiger partial charge in [0.15, 0.2) is 0 Å². The standard InChI is InChI=1S/C25H23ClN4O2/c1-17(31)30(16-19-4-5-19)24-10-7-20(13-22(24)26)23-9-8-21(15-28-23)29-25(32)11-6-18-3-2-12-27-14-18/h2-3,6-15,19H,4-5,16H2,1H3,(H,29,32)/b11-6+. The summed E-state index contributed by atoms with van der Waals surface area (Å²) in [5.41, 5.74) is 3.71. The van der Waals surface area contributed by atoms with E-state index in [1.54, 1.807) is 42.6 Å². The van der Waals surface area contributed by atoms with Gasteiger partial charge in [-0.3, -0.25) is 19.6 Å². The molecule has 1 fully saturated rings. The molecule has 0 bridgehead atoms. The average Bonchev–Trinajstić information content (AvgIpc) is 3.62. The second kappa shape index (κ2) is 9.75. The Labute approximate surface area is 192 Å². The Bertz CT molecular complexity index is 1140. The Balaban J connectivity index is 1.43. The Morgan fingerprint density at radius 1 is 1.19 bits per heavy atom. The number of nitrogens with one attached hydrogen (secondary N) is 1. The van der Waals surface area contributed by atoms with Crippen LogP contribution in [0.25, 0.3) is 17.3 Å². The molecule has 2 heterocycles. The lowest BCUT2D eigenvalue weighted by molar-refractivity contribution is -0.116. The van der Waals surface area contributed by atoms with Crippen molar-refractivity contribution in [1.82, 2.24) is 9.97 Å². The Morgan fingerprint density at radius 3 is 2.66 bits per heavy atom. The fourth-order valence-electron chi connectivity index (χ4n) is 3.31. The second-order valence-corrected chi connectivity index (χ2v) is 8.19. The van der Waals surface area contributed by atoms with Crippen LogP contribution >= 0.6 is 11.6 Å². The molecular weight excluding hydrogens is 424 g/mol. The van der Waals surface area contributed by atoms with Crippen molar-refractivity contribution in [3.05, 3.63) is 77.7 Å². The first kappa shape index (κ1) is 21.7. The van der Waals surface area contributed by atoms with Gasteiger partial charge < -0.3 is 10.2 Å². The van der Waals surface area contributed by atoms with Crippen molar-refractivity contribution < 1.29 is 9.59 Å². The van der Waals surface area contributed by atoms with Crippen LogP contribution in [0.3, 0.4) is 0 Å². The van der Waals surface area contributed by atoms with Crippen LogP contribution in [0.15, 0.2) is 67.1 Å². The molecule has 32 heavy (non-hydrogen) atoms. The maximum Gasteiger partial charge on any atom is 0.248 e. The van der Waals surface area contributed by atoms with E-state index in [1.165, 1.54) is 6.08 Å². The molecular formula is C25H23ClN4O2. The zero-order chi connectivity index (χ0) is 22.5. The lowest BCUT2D eigenvalue weighted by Crippen LogP contribution is -2.30. The molecule has 4 rings (SSSR count). The molecule has 0 aliphatic heterocycles. The summed E-state index contributed by atoms with van der Waals surface area (Å²) >= 11 is 6.52. The largest absolute Gasteiger partial charge is 0.321 e. The highest BCUT2D eigenvalue weighted by atomic mass is 35.5. The monoisotopic (exact) mass is 446 g/mol. The molecule has 2 amide bonds. The Morgan fingerprint density at radius 2 is 2.03 bits per heavy atom. The zero-order valence-corrected chi connectivity index (χ0v) is 18.4. The minimum Gasteiger partial charge on any atom is -0.321 e. The van der Waals surface area contributed by atoms with Gasteiger partial charge in [0, 0.05) is 37.5 Å². The van der Waals surface area contributed by atoms with Crippen molar-refractivity contribution in [2.45, 2.75) is 19.8 Å². The first-order valence-corrected chi connectivity index (χ1v) is 10.8. The smallest absolute Gasteiger partial charge is 0.248 e. The molecule has 0 spiro atoms. The van der Waals surface area contributed by atoms with Gasteiger partial charge in [-0.25, -0.2) is 0 Å². The van der Waals surface area contributed by atoms with E-state index in [9.17, 15) is 9.59 Å². The van der Waals surface area contributed by atoms with Crippen LogP contribution in [0.5, 0.6) is 0 Å². The summed E-state index contributed by atoms with van der Waals surface area (Å²) in [6, 6.07) is 12.9. The van der Waals surface area contributed by atoms with Crippen molar-refractivity contribution in [1.29, 1.82) is 0 Å². The summed E-state index contributed by atoms with van der Waals surface area (Å²) in [5, 5.41) is 3.30. The number of halogens is 1. The fraction of sp³-hybridized carbons (Fsp3) is 0.200. The third-order valence-corrected chi connectivity index (χ3v) is 5.50. The van der Waals surface area contributed by atoms with Crippen molar-refractivity contribution in [2.75, 3.05) is 16.8 Å². The number of aromatic nitrogens is 2. The summed E-state index contributed by atoms with van der Waals surface area (Å²) in [6.45, 7) is 2.27. The molecule has 1 saturated carbocycles. The van der Waals surface area contributed by atoms with Gasteiger partial charge in [0.05, 0.1) is 28.3 Å². The van der Waals surface area contributed by atoms with E-state index in [0.29, 0.717) is 23.2 Å². The number of rotatable bonds is 7. The van der Waals surface area contributed by atoms with Gasteiger partial charge in [-0.05, 0) is 60.7 Å². The number of amides is 2. The predicted molar refractivity (Wildman–Crippen MR) is 127 cm³/mol. The van der Waals surface area contributed by atoms with Crippen molar-refractivity contribution in [3.8, 4) is 11.3 Å². The van der Waals surface area contributed by atoms with Crippen molar-refractivity contribution >= 4 is 40.9 Å². The molecule has 1 aromatic carbocycles. The lowest BCUT2D eigenvalue weighted by Gasteiger charge is -2.22. The SMILES string of the molecule is CC(=O)N(CC1CC1)c1ccc(-c2ccc(NC(=O)/C=C/c3cccnc3)cn2)cc1Cl. The molecule has 1 N–H and O–H groups in total. The van der Waals surface area contributed by atoms with Crippen LogP contribution in [0.4, 0.5) is 11.4 Å². The van der Waals surface area contributed by atoms with Crippen molar-refractivity contribution in [2.24, 2.45) is 5.92 Å². The molecule has 1 aliphatic rings. The highest BCUT2D eigenvalue weighted by molar-refractivity contribution is 6.34. The fourth-order valence-corrected chi connectivity index (χ4v) is 3.59. The Hall–Kier alpha value is -3.51. The second-order valence-electron chi connectivity index (χ2n) is 7.78. The van der Waals surface area contributed by atoms with Gasteiger partial charge in [-0.2, -0.15) is 0 Å². The molecule has 0 radical (unpaired) electrons. The topological polar surface area (TPSA) is 75.2 Å². The van der Waals surface area contributed by atoms with Crippen LogP contribution < -0.4 is 10.2 Å². The zero-order valence-electron chi connectivity index (χ0n) is 17.7. The molecule has 3 aromatic rings.